The van der Waals surface area contributed by atoms with E-state index in [0.717, 1.165) is 11.1 Å². The SMILES string of the molecule is Cc1cccc(CON=Cc2ccccc2Cl)c1. The van der Waals surface area contributed by atoms with Crippen molar-refractivity contribution in [2.24, 2.45) is 5.16 Å². The second kappa shape index (κ2) is 6.22. The Morgan fingerprint density at radius 3 is 2.78 bits per heavy atom. The van der Waals surface area contributed by atoms with Gasteiger partial charge in [0.25, 0.3) is 0 Å². The van der Waals surface area contributed by atoms with Crippen molar-refractivity contribution >= 4 is 17.8 Å². The molecule has 0 aromatic heterocycles. The predicted octanol–water partition coefficient (Wildman–Crippen LogP) is 4.20. The lowest BCUT2D eigenvalue weighted by atomic mass is 10.1. The molecule has 2 rings (SSSR count). The van der Waals surface area contributed by atoms with Crippen LogP contribution in [0.5, 0.6) is 0 Å². The highest BCUT2D eigenvalue weighted by atomic mass is 35.5. The van der Waals surface area contributed by atoms with Crippen LogP contribution in [0.3, 0.4) is 0 Å². The molecule has 2 nitrogen and oxygen atoms in total. The van der Waals surface area contributed by atoms with E-state index < -0.39 is 0 Å². The number of hydrogen-bond donors (Lipinski definition) is 0. The molecule has 0 saturated carbocycles. The third kappa shape index (κ3) is 3.60. The maximum atomic E-state index is 5.99. The topological polar surface area (TPSA) is 21.6 Å². The fourth-order valence-electron chi connectivity index (χ4n) is 1.59. The summed E-state index contributed by atoms with van der Waals surface area (Å²) in [5.41, 5.74) is 3.17. The van der Waals surface area contributed by atoms with Gasteiger partial charge in [0.15, 0.2) is 0 Å². The van der Waals surface area contributed by atoms with Crippen LogP contribution < -0.4 is 0 Å². The van der Waals surface area contributed by atoms with E-state index in [9.17, 15) is 0 Å². The molecule has 3 heteroatoms. The van der Waals surface area contributed by atoms with E-state index >= 15 is 0 Å². The zero-order valence-electron chi connectivity index (χ0n) is 10.1. The highest BCUT2D eigenvalue weighted by molar-refractivity contribution is 6.33. The fourth-order valence-corrected chi connectivity index (χ4v) is 1.77. The Hall–Kier alpha value is -1.80. The van der Waals surface area contributed by atoms with Gasteiger partial charge >= 0.3 is 0 Å². The van der Waals surface area contributed by atoms with Gasteiger partial charge in [0.1, 0.15) is 6.61 Å². The number of benzene rings is 2. The van der Waals surface area contributed by atoms with E-state index in [2.05, 4.69) is 24.2 Å². The smallest absolute Gasteiger partial charge is 0.142 e. The molecule has 0 heterocycles. The van der Waals surface area contributed by atoms with Crippen LogP contribution in [0.1, 0.15) is 16.7 Å². The average Bonchev–Trinajstić information content (AvgIpc) is 2.37. The second-order valence-corrected chi connectivity index (χ2v) is 4.43. The van der Waals surface area contributed by atoms with Gasteiger partial charge in [-0.3, -0.25) is 0 Å². The van der Waals surface area contributed by atoms with Crippen LogP contribution in [0.15, 0.2) is 53.7 Å². The molecule has 18 heavy (non-hydrogen) atoms. The Kier molecular flexibility index (Phi) is 4.37. The second-order valence-electron chi connectivity index (χ2n) is 4.02. The molecule has 0 bridgehead atoms. The standard InChI is InChI=1S/C15H14ClNO/c1-12-5-4-6-13(9-12)11-18-17-10-14-7-2-3-8-15(14)16/h2-10H,11H2,1H3. The molecule has 0 aliphatic carbocycles. The van der Waals surface area contributed by atoms with Gasteiger partial charge in [-0.15, -0.1) is 0 Å². The van der Waals surface area contributed by atoms with E-state index in [1.807, 2.05) is 36.4 Å². The highest BCUT2D eigenvalue weighted by Gasteiger charge is 1.95. The van der Waals surface area contributed by atoms with Gasteiger partial charge < -0.3 is 4.84 Å². The molecule has 0 N–H and O–H groups in total. The first-order chi connectivity index (χ1) is 8.75. The molecule has 0 atom stereocenters. The Bertz CT molecular complexity index is 552. The summed E-state index contributed by atoms with van der Waals surface area (Å²) in [6.45, 7) is 2.51. The summed E-state index contributed by atoms with van der Waals surface area (Å²) in [5, 5.41) is 4.58. The van der Waals surface area contributed by atoms with Gasteiger partial charge in [-0.05, 0) is 18.6 Å². The van der Waals surface area contributed by atoms with Gasteiger partial charge in [-0.1, -0.05) is 64.8 Å². The van der Waals surface area contributed by atoms with E-state index in [-0.39, 0.29) is 0 Å². The van der Waals surface area contributed by atoms with Crippen molar-refractivity contribution < 1.29 is 4.84 Å². The minimum Gasteiger partial charge on any atom is -0.391 e. The number of nitrogens with zero attached hydrogens (tertiary/aromatic N) is 1. The van der Waals surface area contributed by atoms with Crippen molar-refractivity contribution in [2.45, 2.75) is 13.5 Å². The molecule has 2 aromatic rings. The van der Waals surface area contributed by atoms with Crippen LogP contribution in [-0.4, -0.2) is 6.21 Å². The van der Waals surface area contributed by atoms with Crippen molar-refractivity contribution in [1.29, 1.82) is 0 Å². The zero-order valence-corrected chi connectivity index (χ0v) is 10.9. The summed E-state index contributed by atoms with van der Waals surface area (Å²) < 4.78 is 0. The summed E-state index contributed by atoms with van der Waals surface area (Å²) >= 11 is 5.99. The summed E-state index contributed by atoms with van der Waals surface area (Å²) in [6.07, 6.45) is 1.62. The van der Waals surface area contributed by atoms with Gasteiger partial charge in [0.2, 0.25) is 0 Å². The van der Waals surface area contributed by atoms with Crippen molar-refractivity contribution in [3.05, 3.63) is 70.2 Å². The first kappa shape index (κ1) is 12.7. The predicted molar refractivity (Wildman–Crippen MR) is 75.0 cm³/mol. The van der Waals surface area contributed by atoms with Crippen LogP contribution in [0.4, 0.5) is 0 Å². The van der Waals surface area contributed by atoms with Crippen LogP contribution >= 0.6 is 11.6 Å². The maximum Gasteiger partial charge on any atom is 0.142 e. The van der Waals surface area contributed by atoms with Crippen molar-refractivity contribution in [1.82, 2.24) is 0 Å². The Balaban J connectivity index is 1.91. The van der Waals surface area contributed by atoms with Gasteiger partial charge in [-0.25, -0.2) is 0 Å². The first-order valence-corrected chi connectivity index (χ1v) is 6.09. The summed E-state index contributed by atoms with van der Waals surface area (Å²) in [7, 11) is 0. The average molecular weight is 260 g/mol. The molecule has 0 unspecified atom stereocenters. The number of hydrogen-bond acceptors (Lipinski definition) is 2. The lowest BCUT2D eigenvalue weighted by Crippen LogP contribution is -1.89. The van der Waals surface area contributed by atoms with E-state index in [4.69, 9.17) is 16.4 Å². The largest absolute Gasteiger partial charge is 0.391 e. The molecule has 0 saturated heterocycles. The van der Waals surface area contributed by atoms with E-state index in [0.29, 0.717) is 11.6 Å². The molecular formula is C15H14ClNO. The summed E-state index contributed by atoms with van der Waals surface area (Å²) in [5.74, 6) is 0. The molecule has 0 amide bonds. The Labute approximate surface area is 112 Å². The van der Waals surface area contributed by atoms with Gasteiger partial charge in [0, 0.05) is 10.6 Å². The van der Waals surface area contributed by atoms with E-state index in [1.54, 1.807) is 6.21 Å². The molecule has 0 radical (unpaired) electrons. The first-order valence-electron chi connectivity index (χ1n) is 5.71. The van der Waals surface area contributed by atoms with Crippen molar-refractivity contribution in [2.75, 3.05) is 0 Å². The Morgan fingerprint density at radius 2 is 2.00 bits per heavy atom. The lowest BCUT2D eigenvalue weighted by Gasteiger charge is -2.01. The normalized spacial score (nSPS) is 10.8. The van der Waals surface area contributed by atoms with Gasteiger partial charge in [-0.2, -0.15) is 0 Å². The quantitative estimate of drug-likeness (QED) is 0.596. The van der Waals surface area contributed by atoms with Crippen LogP contribution in [0, 0.1) is 6.92 Å². The monoisotopic (exact) mass is 259 g/mol. The van der Waals surface area contributed by atoms with Crippen LogP contribution in [-0.2, 0) is 11.4 Å². The third-order valence-corrected chi connectivity index (χ3v) is 2.83. The van der Waals surface area contributed by atoms with E-state index in [1.165, 1.54) is 5.56 Å². The van der Waals surface area contributed by atoms with Crippen molar-refractivity contribution in [3.8, 4) is 0 Å². The zero-order chi connectivity index (χ0) is 12.8. The fraction of sp³-hybridized carbons (Fsp3) is 0.133. The third-order valence-electron chi connectivity index (χ3n) is 2.49. The molecule has 2 aromatic carbocycles. The molecule has 0 spiro atoms. The minimum absolute atomic E-state index is 0.461. The molecular weight excluding hydrogens is 246 g/mol. The number of aryl methyl sites for hydroxylation is 1. The number of halogens is 1. The lowest BCUT2D eigenvalue weighted by molar-refractivity contribution is 0.132. The maximum absolute atomic E-state index is 5.99. The van der Waals surface area contributed by atoms with Crippen LogP contribution in [0.25, 0.3) is 0 Å². The number of rotatable bonds is 4. The van der Waals surface area contributed by atoms with Crippen molar-refractivity contribution in [3.63, 3.8) is 0 Å². The highest BCUT2D eigenvalue weighted by Crippen LogP contribution is 2.12. The Morgan fingerprint density at radius 1 is 1.17 bits per heavy atom. The van der Waals surface area contributed by atoms with Crippen LogP contribution in [0.2, 0.25) is 5.02 Å². The molecule has 0 fully saturated rings. The summed E-state index contributed by atoms with van der Waals surface area (Å²) in [6, 6.07) is 15.7. The molecule has 92 valence electrons. The summed E-state index contributed by atoms with van der Waals surface area (Å²) in [4.78, 5) is 5.24. The minimum atomic E-state index is 0.461. The number of oxime groups is 1. The molecule has 0 aliphatic rings. The molecule has 0 aliphatic heterocycles. The van der Waals surface area contributed by atoms with Gasteiger partial charge in [0.05, 0.1) is 6.21 Å².